The molecule has 3 aliphatic heterocycles. The number of halogens is 1. The molecule has 3 saturated heterocycles. The summed E-state index contributed by atoms with van der Waals surface area (Å²) >= 11 is 6.47. The van der Waals surface area contributed by atoms with E-state index in [0.29, 0.717) is 60.7 Å². The van der Waals surface area contributed by atoms with Crippen molar-refractivity contribution in [2.24, 2.45) is 17.8 Å². The quantitative estimate of drug-likeness (QED) is 0.463. The molecule has 0 radical (unpaired) electrons. The van der Waals surface area contributed by atoms with E-state index in [1.165, 1.54) is 0 Å². The Morgan fingerprint density at radius 3 is 2.31 bits per heavy atom. The van der Waals surface area contributed by atoms with Gasteiger partial charge in [-0.1, -0.05) is 17.7 Å². The van der Waals surface area contributed by atoms with Crippen LogP contribution < -0.4 is 9.80 Å². The molecule has 10 heteroatoms. The zero-order chi connectivity index (χ0) is 30.0. The third kappa shape index (κ3) is 6.57. The summed E-state index contributed by atoms with van der Waals surface area (Å²) in [6.45, 7) is 9.81. The van der Waals surface area contributed by atoms with Crippen LogP contribution in [0.2, 0.25) is 5.02 Å². The number of rotatable bonds is 8. The molecule has 2 unspecified atom stereocenters. The molecule has 2 atom stereocenters. The second kappa shape index (κ2) is 13.0. The molecule has 0 N–H and O–H groups in total. The first-order chi connectivity index (χ1) is 20.1. The van der Waals surface area contributed by atoms with E-state index in [0.717, 1.165) is 50.4 Å². The van der Waals surface area contributed by atoms with E-state index in [4.69, 9.17) is 11.6 Å². The molecule has 1 aromatic heterocycles. The first-order valence-electron chi connectivity index (χ1n) is 15.1. The van der Waals surface area contributed by atoms with Gasteiger partial charge in [0.15, 0.2) is 0 Å². The maximum absolute atomic E-state index is 13.8. The van der Waals surface area contributed by atoms with Crippen molar-refractivity contribution in [1.29, 1.82) is 0 Å². The first kappa shape index (κ1) is 30.3. The number of aryl methyl sites for hydroxylation is 1. The van der Waals surface area contributed by atoms with Crippen LogP contribution in [0.3, 0.4) is 0 Å². The Bertz CT molecular complexity index is 1300. The molecule has 4 heterocycles. The van der Waals surface area contributed by atoms with Crippen LogP contribution in [-0.2, 0) is 9.59 Å². The van der Waals surface area contributed by atoms with Gasteiger partial charge in [-0.3, -0.25) is 14.4 Å². The van der Waals surface area contributed by atoms with Gasteiger partial charge in [0.05, 0.1) is 5.56 Å². The van der Waals surface area contributed by atoms with E-state index >= 15 is 0 Å². The Morgan fingerprint density at radius 1 is 1.00 bits per heavy atom. The lowest BCUT2D eigenvalue weighted by molar-refractivity contribution is -0.133. The van der Waals surface area contributed by atoms with Gasteiger partial charge in [-0.15, -0.1) is 0 Å². The zero-order valence-electron chi connectivity index (χ0n) is 25.3. The second-order valence-electron chi connectivity index (χ2n) is 12.3. The summed E-state index contributed by atoms with van der Waals surface area (Å²) < 4.78 is 0. The maximum atomic E-state index is 13.8. The lowest BCUT2D eigenvalue weighted by atomic mass is 9.94. The van der Waals surface area contributed by atoms with Crippen molar-refractivity contribution >= 4 is 40.8 Å². The van der Waals surface area contributed by atoms with Crippen LogP contribution in [0.15, 0.2) is 36.5 Å². The first-order valence-corrected chi connectivity index (χ1v) is 15.5. The summed E-state index contributed by atoms with van der Waals surface area (Å²) in [6, 6.07) is 9.55. The summed E-state index contributed by atoms with van der Waals surface area (Å²) in [5.74, 6) is 1.80. The minimum Gasteiger partial charge on any atom is -0.362 e. The number of aromatic nitrogens is 1. The van der Waals surface area contributed by atoms with Gasteiger partial charge in [-0.25, -0.2) is 4.98 Å². The predicted molar refractivity (Wildman–Crippen MR) is 166 cm³/mol. The highest BCUT2D eigenvalue weighted by Gasteiger charge is 2.42. The van der Waals surface area contributed by atoms with E-state index in [2.05, 4.69) is 9.88 Å². The molecule has 3 fully saturated rings. The standard InChI is InChI=1S/C32H43ClN6O3/c1-22-8-9-27(17-29(22)33)39(31(41)24-10-15-37(16-11-24)23(2)40)14-6-13-36-18-25-20-38(21-26(25)19-36)32(42)28-7-5-12-34-30(28)35(3)4/h5,7-9,12,17,24-26H,6,10-11,13-16,18-21H2,1-4H3. The number of piperidine rings is 1. The molecule has 42 heavy (non-hydrogen) atoms. The average molecular weight is 595 g/mol. The SMILES string of the molecule is CC(=O)N1CCC(C(=O)N(CCCN2CC3CN(C(=O)c4cccnc4N(C)C)CC3C2)c2ccc(C)c(Cl)c2)CC1. The fraction of sp³-hybridized carbons (Fsp3) is 0.562. The normalized spacial score (nSPS) is 21.0. The van der Waals surface area contributed by atoms with Crippen LogP contribution >= 0.6 is 11.6 Å². The van der Waals surface area contributed by atoms with Crippen molar-refractivity contribution in [3.8, 4) is 0 Å². The molecular weight excluding hydrogens is 552 g/mol. The second-order valence-corrected chi connectivity index (χ2v) is 12.7. The minimum atomic E-state index is -0.0943. The minimum absolute atomic E-state index is 0.0628. The predicted octanol–water partition coefficient (Wildman–Crippen LogP) is 3.80. The maximum Gasteiger partial charge on any atom is 0.257 e. The van der Waals surface area contributed by atoms with Crippen LogP contribution in [-0.4, -0.2) is 104 Å². The van der Waals surface area contributed by atoms with Crippen molar-refractivity contribution in [2.45, 2.75) is 33.1 Å². The number of benzene rings is 1. The van der Waals surface area contributed by atoms with Gasteiger partial charge in [-0.05, 0) is 74.4 Å². The number of amides is 3. The van der Waals surface area contributed by atoms with Gasteiger partial charge in [-0.2, -0.15) is 0 Å². The molecule has 0 spiro atoms. The van der Waals surface area contributed by atoms with Crippen molar-refractivity contribution in [1.82, 2.24) is 19.7 Å². The fourth-order valence-electron chi connectivity index (χ4n) is 6.76. The van der Waals surface area contributed by atoms with Gasteiger partial charge in [0.1, 0.15) is 5.82 Å². The zero-order valence-corrected chi connectivity index (χ0v) is 26.0. The van der Waals surface area contributed by atoms with Gasteiger partial charge in [0.2, 0.25) is 11.8 Å². The number of hydrogen-bond donors (Lipinski definition) is 0. The number of hydrogen-bond acceptors (Lipinski definition) is 6. The lowest BCUT2D eigenvalue weighted by Crippen LogP contribution is -2.44. The number of pyridine rings is 1. The number of nitrogens with zero attached hydrogens (tertiary/aromatic N) is 6. The molecule has 9 nitrogen and oxygen atoms in total. The Kier molecular flexibility index (Phi) is 9.38. The lowest BCUT2D eigenvalue weighted by Gasteiger charge is -2.34. The van der Waals surface area contributed by atoms with Gasteiger partial charge in [0, 0.05) is 89.7 Å². The molecule has 5 rings (SSSR count). The molecule has 226 valence electrons. The number of carbonyl (C=O) groups is 3. The van der Waals surface area contributed by atoms with Crippen LogP contribution in [0.1, 0.15) is 42.1 Å². The highest BCUT2D eigenvalue weighted by atomic mass is 35.5. The summed E-state index contributed by atoms with van der Waals surface area (Å²) in [5, 5.41) is 0.659. The molecule has 3 aliphatic rings. The highest BCUT2D eigenvalue weighted by molar-refractivity contribution is 6.31. The molecule has 2 aromatic rings. The van der Waals surface area contributed by atoms with E-state index in [1.807, 2.05) is 71.0 Å². The molecule has 1 aromatic carbocycles. The Labute approximate surface area is 254 Å². The van der Waals surface area contributed by atoms with E-state index in [1.54, 1.807) is 13.1 Å². The van der Waals surface area contributed by atoms with E-state index in [9.17, 15) is 14.4 Å². The molecule has 3 amide bonds. The number of carbonyl (C=O) groups excluding carboxylic acids is 3. The summed E-state index contributed by atoms with van der Waals surface area (Å²) in [4.78, 5) is 53.4. The van der Waals surface area contributed by atoms with Crippen molar-refractivity contribution in [3.05, 3.63) is 52.7 Å². The largest absolute Gasteiger partial charge is 0.362 e. The third-order valence-electron chi connectivity index (χ3n) is 9.17. The topological polar surface area (TPSA) is 80.3 Å². The Morgan fingerprint density at radius 2 is 1.69 bits per heavy atom. The number of anilines is 2. The molecular formula is C32H43ClN6O3. The number of likely N-dealkylation sites (tertiary alicyclic amines) is 3. The summed E-state index contributed by atoms with van der Waals surface area (Å²) in [5.41, 5.74) is 2.48. The van der Waals surface area contributed by atoms with E-state index in [-0.39, 0.29) is 23.6 Å². The van der Waals surface area contributed by atoms with Crippen LogP contribution in [0.4, 0.5) is 11.5 Å². The van der Waals surface area contributed by atoms with Crippen molar-refractivity contribution < 1.29 is 14.4 Å². The smallest absolute Gasteiger partial charge is 0.257 e. The average Bonchev–Trinajstić information content (AvgIpc) is 3.55. The summed E-state index contributed by atoms with van der Waals surface area (Å²) in [7, 11) is 3.82. The Hall–Kier alpha value is -3.17. The summed E-state index contributed by atoms with van der Waals surface area (Å²) in [6.07, 6.45) is 3.96. The van der Waals surface area contributed by atoms with Gasteiger partial charge < -0.3 is 24.5 Å². The number of fused-ring (bicyclic) bond motifs is 1. The highest BCUT2D eigenvalue weighted by Crippen LogP contribution is 2.33. The third-order valence-corrected chi connectivity index (χ3v) is 9.58. The monoisotopic (exact) mass is 594 g/mol. The van der Waals surface area contributed by atoms with Gasteiger partial charge in [0.25, 0.3) is 5.91 Å². The Balaban J connectivity index is 1.17. The van der Waals surface area contributed by atoms with Crippen molar-refractivity contribution in [3.63, 3.8) is 0 Å². The van der Waals surface area contributed by atoms with Gasteiger partial charge >= 0.3 is 0 Å². The molecule has 0 bridgehead atoms. The van der Waals surface area contributed by atoms with E-state index < -0.39 is 0 Å². The molecule has 0 aliphatic carbocycles. The molecule has 0 saturated carbocycles. The van der Waals surface area contributed by atoms with Crippen LogP contribution in [0.25, 0.3) is 0 Å². The van der Waals surface area contributed by atoms with Crippen LogP contribution in [0, 0.1) is 24.7 Å². The fourth-order valence-corrected chi connectivity index (χ4v) is 6.93. The van der Waals surface area contributed by atoms with Crippen molar-refractivity contribution in [2.75, 3.05) is 76.3 Å². The van der Waals surface area contributed by atoms with Crippen LogP contribution in [0.5, 0.6) is 0 Å².